The monoisotopic (exact) mass is 346 g/mol. The zero-order valence-corrected chi connectivity index (χ0v) is 15.0. The van der Waals surface area contributed by atoms with Crippen molar-refractivity contribution in [2.24, 2.45) is 0 Å². The summed E-state index contributed by atoms with van der Waals surface area (Å²) in [5.74, 6) is 0.807. The van der Waals surface area contributed by atoms with E-state index in [2.05, 4.69) is 43.3 Å². The van der Waals surface area contributed by atoms with Gasteiger partial charge in [-0.2, -0.15) is 0 Å². The van der Waals surface area contributed by atoms with Crippen molar-refractivity contribution in [3.05, 3.63) is 101 Å². The van der Waals surface area contributed by atoms with Gasteiger partial charge in [0, 0.05) is 5.92 Å². The first-order valence-electron chi connectivity index (χ1n) is 8.62. The number of ether oxygens (including phenoxy) is 2. The van der Waals surface area contributed by atoms with E-state index in [1.807, 2.05) is 30.3 Å². The van der Waals surface area contributed by atoms with Gasteiger partial charge in [-0.3, -0.25) is 0 Å². The predicted octanol–water partition coefficient (Wildman–Crippen LogP) is 5.20. The van der Waals surface area contributed by atoms with Crippen LogP contribution in [-0.4, -0.2) is 13.1 Å². The molecule has 3 aromatic carbocycles. The molecule has 1 atom stereocenters. The number of rotatable bonds is 6. The lowest BCUT2D eigenvalue weighted by atomic mass is 9.93. The van der Waals surface area contributed by atoms with E-state index in [0.29, 0.717) is 18.1 Å². The fourth-order valence-electron chi connectivity index (χ4n) is 2.83. The van der Waals surface area contributed by atoms with E-state index in [4.69, 9.17) is 9.47 Å². The van der Waals surface area contributed by atoms with Crippen molar-refractivity contribution < 1.29 is 14.3 Å². The van der Waals surface area contributed by atoms with E-state index in [-0.39, 0.29) is 5.97 Å². The first kappa shape index (κ1) is 17.7. The van der Waals surface area contributed by atoms with E-state index in [1.165, 1.54) is 18.2 Å². The van der Waals surface area contributed by atoms with Gasteiger partial charge >= 0.3 is 5.97 Å². The summed E-state index contributed by atoms with van der Waals surface area (Å²) in [6.45, 7) is 2.64. The molecule has 0 saturated heterocycles. The lowest BCUT2D eigenvalue weighted by Gasteiger charge is -2.14. The summed E-state index contributed by atoms with van der Waals surface area (Å²) < 4.78 is 10.6. The highest BCUT2D eigenvalue weighted by atomic mass is 16.5. The number of esters is 1. The Hall–Kier alpha value is -3.07. The second-order valence-electron chi connectivity index (χ2n) is 6.18. The molecule has 26 heavy (non-hydrogen) atoms. The Morgan fingerprint density at radius 1 is 0.885 bits per heavy atom. The van der Waals surface area contributed by atoms with Crippen LogP contribution >= 0.6 is 0 Å². The molecule has 132 valence electrons. The second kappa shape index (κ2) is 8.34. The van der Waals surface area contributed by atoms with Gasteiger partial charge in [-0.25, -0.2) is 4.79 Å². The molecule has 0 heterocycles. The van der Waals surface area contributed by atoms with E-state index >= 15 is 0 Å². The van der Waals surface area contributed by atoms with Crippen molar-refractivity contribution in [2.45, 2.75) is 19.4 Å². The fraction of sp³-hybridized carbons (Fsp3) is 0.174. The molecule has 0 unspecified atom stereocenters. The van der Waals surface area contributed by atoms with Gasteiger partial charge in [-0.05, 0) is 41.0 Å². The molecule has 0 aliphatic carbocycles. The summed E-state index contributed by atoms with van der Waals surface area (Å²) in [6.07, 6.45) is 0. The molecule has 3 rings (SSSR count). The van der Waals surface area contributed by atoms with Crippen LogP contribution in [0.4, 0.5) is 0 Å². The third-order valence-electron chi connectivity index (χ3n) is 4.44. The van der Waals surface area contributed by atoms with Crippen molar-refractivity contribution in [1.29, 1.82) is 0 Å². The lowest BCUT2D eigenvalue weighted by molar-refractivity contribution is 0.0600. The van der Waals surface area contributed by atoms with Crippen LogP contribution < -0.4 is 4.74 Å². The Bertz CT molecular complexity index is 854. The van der Waals surface area contributed by atoms with Crippen LogP contribution in [0.5, 0.6) is 5.75 Å². The van der Waals surface area contributed by atoms with Gasteiger partial charge in [-0.15, -0.1) is 0 Å². The zero-order valence-electron chi connectivity index (χ0n) is 15.0. The maximum absolute atomic E-state index is 11.5. The topological polar surface area (TPSA) is 35.5 Å². The maximum Gasteiger partial charge on any atom is 0.337 e. The van der Waals surface area contributed by atoms with E-state index in [1.54, 1.807) is 12.1 Å². The average Bonchev–Trinajstić information content (AvgIpc) is 2.72. The Kier molecular flexibility index (Phi) is 5.69. The van der Waals surface area contributed by atoms with Crippen LogP contribution in [0.15, 0.2) is 78.9 Å². The molecule has 0 aliphatic rings. The molecule has 0 fully saturated rings. The zero-order chi connectivity index (χ0) is 18.4. The summed E-state index contributed by atoms with van der Waals surface area (Å²) in [7, 11) is 1.38. The van der Waals surface area contributed by atoms with Gasteiger partial charge < -0.3 is 9.47 Å². The Labute approximate surface area is 154 Å². The van der Waals surface area contributed by atoms with Gasteiger partial charge in [0.15, 0.2) is 0 Å². The van der Waals surface area contributed by atoms with Gasteiger partial charge in [0.25, 0.3) is 0 Å². The highest BCUT2D eigenvalue weighted by Crippen LogP contribution is 2.27. The summed E-state index contributed by atoms with van der Waals surface area (Å²) >= 11 is 0. The number of hydrogen-bond acceptors (Lipinski definition) is 3. The molecule has 0 N–H and O–H groups in total. The molecule has 0 bridgehead atoms. The predicted molar refractivity (Wildman–Crippen MR) is 103 cm³/mol. The van der Waals surface area contributed by atoms with E-state index in [9.17, 15) is 4.79 Å². The van der Waals surface area contributed by atoms with Crippen molar-refractivity contribution in [2.75, 3.05) is 7.11 Å². The number of methoxy groups -OCH3 is 1. The van der Waals surface area contributed by atoms with Crippen LogP contribution in [0.3, 0.4) is 0 Å². The molecule has 3 nitrogen and oxygen atoms in total. The number of hydrogen-bond donors (Lipinski definition) is 0. The number of carbonyl (C=O) groups excluding carboxylic acids is 1. The summed E-state index contributed by atoms with van der Waals surface area (Å²) in [5, 5.41) is 0. The third-order valence-corrected chi connectivity index (χ3v) is 4.44. The Morgan fingerprint density at radius 3 is 2.27 bits per heavy atom. The minimum absolute atomic E-state index is 0.305. The third kappa shape index (κ3) is 4.31. The number of benzene rings is 3. The van der Waals surface area contributed by atoms with Gasteiger partial charge in [0.05, 0.1) is 12.7 Å². The van der Waals surface area contributed by atoms with Crippen molar-refractivity contribution in [3.63, 3.8) is 0 Å². The molecule has 0 aliphatic heterocycles. The largest absolute Gasteiger partial charge is 0.489 e. The Balaban J connectivity index is 1.66. The molecule has 0 amide bonds. The Morgan fingerprint density at radius 2 is 1.58 bits per heavy atom. The first-order valence-corrected chi connectivity index (χ1v) is 8.62. The molecular weight excluding hydrogens is 324 g/mol. The standard InChI is InChI=1S/C23H22O3/c1-17(19-7-4-3-5-8-19)21-9-6-10-22(15-21)26-16-18-11-13-20(14-12-18)23(24)25-2/h3-15,17H,16H2,1-2H3/t17-/m0/s1. The van der Waals surface area contributed by atoms with Crippen LogP contribution in [0.2, 0.25) is 0 Å². The van der Waals surface area contributed by atoms with Crippen LogP contribution in [0.25, 0.3) is 0 Å². The molecule has 3 heteroatoms. The van der Waals surface area contributed by atoms with Gasteiger partial charge in [0.2, 0.25) is 0 Å². The van der Waals surface area contributed by atoms with Crippen LogP contribution in [0.1, 0.15) is 39.9 Å². The van der Waals surface area contributed by atoms with Crippen molar-refractivity contribution in [3.8, 4) is 5.75 Å². The number of carbonyl (C=O) groups is 1. The summed E-state index contributed by atoms with van der Waals surface area (Å²) in [4.78, 5) is 11.5. The van der Waals surface area contributed by atoms with Gasteiger partial charge in [0.1, 0.15) is 12.4 Å². The van der Waals surface area contributed by atoms with Crippen LogP contribution in [0, 0.1) is 0 Å². The summed E-state index contributed by atoms with van der Waals surface area (Å²) in [5.41, 5.74) is 4.03. The van der Waals surface area contributed by atoms with Gasteiger partial charge in [-0.1, -0.05) is 61.5 Å². The van der Waals surface area contributed by atoms with Crippen LogP contribution in [-0.2, 0) is 11.3 Å². The van der Waals surface area contributed by atoms with Crippen molar-refractivity contribution >= 4 is 5.97 Å². The second-order valence-corrected chi connectivity index (χ2v) is 6.18. The van der Waals surface area contributed by atoms with E-state index in [0.717, 1.165) is 11.3 Å². The summed E-state index contributed by atoms with van der Waals surface area (Å²) in [6, 6.07) is 25.9. The highest BCUT2D eigenvalue weighted by molar-refractivity contribution is 5.89. The first-order chi connectivity index (χ1) is 12.7. The fourth-order valence-corrected chi connectivity index (χ4v) is 2.83. The molecular formula is C23H22O3. The average molecular weight is 346 g/mol. The molecule has 0 saturated carbocycles. The molecule has 3 aromatic rings. The SMILES string of the molecule is COC(=O)c1ccc(COc2cccc([C@@H](C)c3ccccc3)c2)cc1. The lowest BCUT2D eigenvalue weighted by Crippen LogP contribution is -2.02. The molecule has 0 spiro atoms. The quantitative estimate of drug-likeness (QED) is 0.575. The minimum atomic E-state index is -0.333. The highest BCUT2D eigenvalue weighted by Gasteiger charge is 2.09. The molecule has 0 radical (unpaired) electrons. The normalized spacial score (nSPS) is 11.6. The minimum Gasteiger partial charge on any atom is -0.489 e. The smallest absolute Gasteiger partial charge is 0.337 e. The van der Waals surface area contributed by atoms with E-state index < -0.39 is 0 Å². The van der Waals surface area contributed by atoms with Crippen molar-refractivity contribution in [1.82, 2.24) is 0 Å². The molecule has 0 aromatic heterocycles. The maximum atomic E-state index is 11.5.